The summed E-state index contributed by atoms with van der Waals surface area (Å²) >= 11 is 0. The molecule has 0 spiro atoms. The number of amides is 1. The van der Waals surface area contributed by atoms with Crippen molar-refractivity contribution in [2.24, 2.45) is 5.10 Å². The van der Waals surface area contributed by atoms with E-state index in [2.05, 4.69) is 10.5 Å². The van der Waals surface area contributed by atoms with Crippen molar-refractivity contribution in [1.29, 1.82) is 0 Å². The molecule has 3 aromatic rings. The molecule has 0 saturated heterocycles. The number of anilines is 1. The summed E-state index contributed by atoms with van der Waals surface area (Å²) in [5.74, 6) is 0.679. The number of para-hydroxylation sites is 1. The van der Waals surface area contributed by atoms with Crippen LogP contribution in [0, 0.1) is 0 Å². The van der Waals surface area contributed by atoms with Crippen molar-refractivity contribution in [2.75, 3.05) is 23.8 Å². The zero-order chi connectivity index (χ0) is 25.3. The van der Waals surface area contributed by atoms with Crippen LogP contribution in [0.25, 0.3) is 0 Å². The summed E-state index contributed by atoms with van der Waals surface area (Å²) in [5, 5.41) is 4.05. The van der Waals surface area contributed by atoms with E-state index < -0.39 is 15.9 Å². The average Bonchev–Trinajstić information content (AvgIpc) is 2.84. The minimum Gasteiger partial charge on any atom is -0.490 e. The lowest BCUT2D eigenvalue weighted by Crippen LogP contribution is -2.32. The van der Waals surface area contributed by atoms with Crippen LogP contribution in [0.3, 0.4) is 0 Å². The molecule has 9 heteroatoms. The maximum absolute atomic E-state index is 13.0. The molecule has 184 valence electrons. The van der Waals surface area contributed by atoms with Crippen LogP contribution in [0.1, 0.15) is 35.3 Å². The first-order chi connectivity index (χ1) is 16.8. The van der Waals surface area contributed by atoms with Gasteiger partial charge in [0.1, 0.15) is 0 Å². The van der Waals surface area contributed by atoms with Gasteiger partial charge < -0.3 is 9.47 Å². The summed E-state index contributed by atoms with van der Waals surface area (Å²) in [5.41, 5.74) is 4.44. The molecule has 35 heavy (non-hydrogen) atoms. The van der Waals surface area contributed by atoms with Gasteiger partial charge in [0.2, 0.25) is 10.0 Å². The molecule has 0 aromatic heterocycles. The number of nitrogens with one attached hydrogen (secondary N) is 1. The molecule has 0 aliphatic heterocycles. The molecule has 8 nitrogen and oxygen atoms in total. The predicted octanol–water partition coefficient (Wildman–Crippen LogP) is 4.21. The molecule has 0 bridgehead atoms. The summed E-state index contributed by atoms with van der Waals surface area (Å²) in [7, 11) is -3.67. The molecule has 3 rings (SSSR count). The fourth-order valence-corrected chi connectivity index (χ4v) is 4.29. The second-order valence-electron chi connectivity index (χ2n) is 7.54. The van der Waals surface area contributed by atoms with Crippen molar-refractivity contribution in [3.63, 3.8) is 0 Å². The third kappa shape index (κ3) is 7.07. The van der Waals surface area contributed by atoms with Crippen LogP contribution in [0.5, 0.6) is 11.5 Å². The molecule has 0 radical (unpaired) electrons. The molecular formula is C26H29N3O5S. The Labute approximate surface area is 206 Å². The summed E-state index contributed by atoms with van der Waals surface area (Å²) in [6.45, 7) is 4.86. The van der Waals surface area contributed by atoms with Crippen LogP contribution in [0.4, 0.5) is 5.69 Å². The Hall–Kier alpha value is -3.85. The highest BCUT2D eigenvalue weighted by atomic mass is 32.2. The Morgan fingerprint density at radius 1 is 0.943 bits per heavy atom. The van der Waals surface area contributed by atoms with Gasteiger partial charge in [-0.2, -0.15) is 5.10 Å². The van der Waals surface area contributed by atoms with Gasteiger partial charge in [-0.25, -0.2) is 13.8 Å². The van der Waals surface area contributed by atoms with Crippen molar-refractivity contribution in [2.45, 2.75) is 20.4 Å². The predicted molar refractivity (Wildman–Crippen MR) is 138 cm³/mol. The van der Waals surface area contributed by atoms with Crippen LogP contribution >= 0.6 is 0 Å². The van der Waals surface area contributed by atoms with E-state index in [0.717, 1.165) is 11.8 Å². The average molecular weight is 496 g/mol. The van der Waals surface area contributed by atoms with Crippen molar-refractivity contribution >= 4 is 27.8 Å². The van der Waals surface area contributed by atoms with Gasteiger partial charge in [0.25, 0.3) is 5.91 Å². The molecule has 0 saturated carbocycles. The van der Waals surface area contributed by atoms with E-state index in [1.807, 2.05) is 44.2 Å². The zero-order valence-electron chi connectivity index (χ0n) is 20.0. The quantitative estimate of drug-likeness (QED) is 0.317. The molecule has 1 N–H and O–H groups in total. The van der Waals surface area contributed by atoms with Crippen molar-refractivity contribution in [1.82, 2.24) is 5.43 Å². The van der Waals surface area contributed by atoms with Gasteiger partial charge in [-0.1, -0.05) is 42.5 Å². The van der Waals surface area contributed by atoms with Gasteiger partial charge in [0.15, 0.2) is 11.5 Å². The van der Waals surface area contributed by atoms with Gasteiger partial charge in [0, 0.05) is 0 Å². The van der Waals surface area contributed by atoms with E-state index in [0.29, 0.717) is 30.3 Å². The van der Waals surface area contributed by atoms with Crippen molar-refractivity contribution in [3.8, 4) is 11.5 Å². The largest absolute Gasteiger partial charge is 0.490 e. The first kappa shape index (κ1) is 25.8. The molecule has 0 heterocycles. The van der Waals surface area contributed by atoms with Crippen LogP contribution in [-0.2, 0) is 16.6 Å². The Bertz CT molecular complexity index is 1280. The second-order valence-corrected chi connectivity index (χ2v) is 9.45. The van der Waals surface area contributed by atoms with E-state index in [9.17, 15) is 13.2 Å². The standard InChI is InChI=1S/C26H29N3O5S/c1-4-33-24-16-15-21(17-25(24)34-5-2)18-27-28-26(30)22-13-9-10-14-23(22)29(35(3,31)32)19-20-11-7-6-8-12-20/h6-18H,4-5,19H2,1-3H3,(H,28,30)/b27-18+. The van der Waals surface area contributed by atoms with E-state index in [1.165, 1.54) is 10.5 Å². The fourth-order valence-electron chi connectivity index (χ4n) is 3.39. The highest BCUT2D eigenvalue weighted by Crippen LogP contribution is 2.28. The normalized spacial score (nSPS) is 11.3. The van der Waals surface area contributed by atoms with Gasteiger partial charge in [0.05, 0.1) is 43.5 Å². The van der Waals surface area contributed by atoms with Gasteiger partial charge in [-0.15, -0.1) is 0 Å². The fraction of sp³-hybridized carbons (Fsp3) is 0.231. The lowest BCUT2D eigenvalue weighted by Gasteiger charge is -2.24. The summed E-state index contributed by atoms with van der Waals surface area (Å²) in [4.78, 5) is 13.0. The number of rotatable bonds is 11. The van der Waals surface area contributed by atoms with Crippen LogP contribution in [0.2, 0.25) is 0 Å². The van der Waals surface area contributed by atoms with E-state index in [4.69, 9.17) is 9.47 Å². The Kier molecular flexibility index (Phi) is 8.86. The van der Waals surface area contributed by atoms with E-state index >= 15 is 0 Å². The Morgan fingerprint density at radius 2 is 1.60 bits per heavy atom. The first-order valence-corrected chi connectivity index (χ1v) is 13.0. The molecule has 0 atom stereocenters. The van der Waals surface area contributed by atoms with Crippen molar-refractivity contribution in [3.05, 3.63) is 89.5 Å². The summed E-state index contributed by atoms with van der Waals surface area (Å²) < 4.78 is 37.6. The van der Waals surface area contributed by atoms with Crippen molar-refractivity contribution < 1.29 is 22.7 Å². The van der Waals surface area contributed by atoms with Gasteiger partial charge >= 0.3 is 0 Å². The van der Waals surface area contributed by atoms with E-state index in [1.54, 1.807) is 42.5 Å². The number of sulfonamides is 1. The van der Waals surface area contributed by atoms with Crippen LogP contribution < -0.4 is 19.2 Å². The maximum atomic E-state index is 13.0. The molecule has 0 unspecified atom stereocenters. The highest BCUT2D eigenvalue weighted by molar-refractivity contribution is 7.92. The number of hydrazone groups is 1. The SMILES string of the molecule is CCOc1ccc(/C=N/NC(=O)c2ccccc2N(Cc2ccccc2)S(C)(=O)=O)cc1OCC. The third-order valence-electron chi connectivity index (χ3n) is 4.93. The van der Waals surface area contributed by atoms with E-state index in [-0.39, 0.29) is 17.8 Å². The Balaban J connectivity index is 1.82. The number of ether oxygens (including phenoxy) is 2. The topological polar surface area (TPSA) is 97.3 Å². The summed E-state index contributed by atoms with van der Waals surface area (Å²) in [6, 6.07) is 21.1. The zero-order valence-corrected chi connectivity index (χ0v) is 20.8. The molecule has 1 amide bonds. The third-order valence-corrected chi connectivity index (χ3v) is 6.06. The number of hydrogen-bond donors (Lipinski definition) is 1. The number of benzene rings is 3. The van der Waals surface area contributed by atoms with Crippen LogP contribution in [-0.4, -0.2) is 40.0 Å². The molecule has 0 fully saturated rings. The van der Waals surface area contributed by atoms with Gasteiger partial charge in [-0.05, 0) is 55.3 Å². The molecular weight excluding hydrogens is 466 g/mol. The first-order valence-electron chi connectivity index (χ1n) is 11.2. The minimum absolute atomic E-state index is 0.0968. The summed E-state index contributed by atoms with van der Waals surface area (Å²) in [6.07, 6.45) is 2.60. The van der Waals surface area contributed by atoms with Crippen LogP contribution in [0.15, 0.2) is 77.9 Å². The molecule has 3 aromatic carbocycles. The maximum Gasteiger partial charge on any atom is 0.273 e. The lowest BCUT2D eigenvalue weighted by molar-refractivity contribution is 0.0955. The second kappa shape index (κ2) is 12.0. The number of carbonyl (C=O) groups is 1. The van der Waals surface area contributed by atoms with Gasteiger partial charge in [-0.3, -0.25) is 9.10 Å². The smallest absolute Gasteiger partial charge is 0.273 e. The minimum atomic E-state index is -3.67. The molecule has 0 aliphatic rings. The number of hydrogen-bond acceptors (Lipinski definition) is 6. The monoisotopic (exact) mass is 495 g/mol. The Morgan fingerprint density at radius 3 is 2.29 bits per heavy atom. The molecule has 0 aliphatic carbocycles. The number of nitrogens with zero attached hydrogens (tertiary/aromatic N) is 2. The lowest BCUT2D eigenvalue weighted by atomic mass is 10.1. The number of carbonyl (C=O) groups excluding carboxylic acids is 1. The highest BCUT2D eigenvalue weighted by Gasteiger charge is 2.23.